The zero-order valence-electron chi connectivity index (χ0n) is 9.92. The van der Waals surface area contributed by atoms with Crippen molar-refractivity contribution in [1.29, 1.82) is 0 Å². The van der Waals surface area contributed by atoms with Crippen molar-refractivity contribution in [3.05, 3.63) is 39.3 Å². The van der Waals surface area contributed by atoms with E-state index < -0.39 is 5.97 Å². The van der Waals surface area contributed by atoms with Crippen LogP contribution in [0.25, 0.3) is 0 Å². The van der Waals surface area contributed by atoms with Crippen LogP contribution in [0.1, 0.15) is 15.4 Å². The molecule has 2 rings (SSSR count). The van der Waals surface area contributed by atoms with E-state index in [9.17, 15) is 4.79 Å². The van der Waals surface area contributed by atoms with E-state index in [4.69, 9.17) is 26.2 Å². The van der Waals surface area contributed by atoms with Crippen LogP contribution in [0.5, 0.6) is 11.5 Å². The molecule has 0 aliphatic carbocycles. The van der Waals surface area contributed by atoms with Crippen molar-refractivity contribution < 1.29 is 19.4 Å². The first-order valence-electron chi connectivity index (χ1n) is 5.24. The van der Waals surface area contributed by atoms with Crippen LogP contribution < -0.4 is 9.47 Å². The molecule has 0 saturated heterocycles. The second-order valence-corrected chi connectivity index (χ2v) is 4.90. The van der Waals surface area contributed by atoms with E-state index in [0.717, 1.165) is 5.01 Å². The third kappa shape index (κ3) is 3.15. The van der Waals surface area contributed by atoms with Crippen LogP contribution in [0.2, 0.25) is 5.02 Å². The van der Waals surface area contributed by atoms with Crippen molar-refractivity contribution in [2.24, 2.45) is 0 Å². The Morgan fingerprint density at radius 3 is 2.89 bits per heavy atom. The standard InChI is InChI=1S/C12H10ClNO4S/c1-17-9-5-7(12(15)16)4-8(13)11(9)18-6-10-14-2-3-19-10/h2-5H,6H2,1H3,(H,15,16). The highest BCUT2D eigenvalue weighted by Crippen LogP contribution is 2.37. The molecule has 0 radical (unpaired) electrons. The number of halogens is 1. The van der Waals surface area contributed by atoms with E-state index in [0.29, 0.717) is 5.75 Å². The number of nitrogens with zero attached hydrogens (tertiary/aromatic N) is 1. The summed E-state index contributed by atoms with van der Waals surface area (Å²) in [4.78, 5) is 15.0. The Kier molecular flexibility index (Phi) is 4.24. The molecule has 5 nitrogen and oxygen atoms in total. The Labute approximate surface area is 118 Å². The Bertz CT molecular complexity index is 586. The Morgan fingerprint density at radius 1 is 1.53 bits per heavy atom. The quantitative estimate of drug-likeness (QED) is 0.919. The van der Waals surface area contributed by atoms with Gasteiger partial charge < -0.3 is 14.6 Å². The van der Waals surface area contributed by atoms with Gasteiger partial charge in [-0.3, -0.25) is 0 Å². The molecule has 19 heavy (non-hydrogen) atoms. The molecule has 1 N–H and O–H groups in total. The molecule has 2 aromatic rings. The number of aromatic nitrogens is 1. The molecule has 0 unspecified atom stereocenters. The summed E-state index contributed by atoms with van der Waals surface area (Å²) in [5.74, 6) is -0.488. The summed E-state index contributed by atoms with van der Waals surface area (Å²) in [6, 6.07) is 2.69. The summed E-state index contributed by atoms with van der Waals surface area (Å²) >= 11 is 7.47. The summed E-state index contributed by atoms with van der Waals surface area (Å²) in [5, 5.41) is 11.8. The maximum absolute atomic E-state index is 10.9. The summed E-state index contributed by atoms with van der Waals surface area (Å²) < 4.78 is 10.6. The first kappa shape index (κ1) is 13.6. The summed E-state index contributed by atoms with van der Waals surface area (Å²) in [7, 11) is 1.42. The molecule has 0 bridgehead atoms. The van der Waals surface area contributed by atoms with E-state index in [2.05, 4.69) is 4.98 Å². The number of hydrogen-bond acceptors (Lipinski definition) is 5. The monoisotopic (exact) mass is 299 g/mol. The van der Waals surface area contributed by atoms with Crippen molar-refractivity contribution >= 4 is 28.9 Å². The van der Waals surface area contributed by atoms with Gasteiger partial charge in [0.15, 0.2) is 11.5 Å². The van der Waals surface area contributed by atoms with Gasteiger partial charge in [-0.25, -0.2) is 9.78 Å². The van der Waals surface area contributed by atoms with Crippen molar-refractivity contribution in [1.82, 2.24) is 4.98 Å². The van der Waals surface area contributed by atoms with Gasteiger partial charge in [0, 0.05) is 11.6 Å². The average Bonchev–Trinajstić information content (AvgIpc) is 2.89. The molecule has 0 amide bonds. The predicted octanol–water partition coefficient (Wildman–Crippen LogP) is 3.08. The minimum Gasteiger partial charge on any atom is -0.493 e. The number of rotatable bonds is 5. The number of benzene rings is 1. The maximum Gasteiger partial charge on any atom is 0.335 e. The van der Waals surface area contributed by atoms with Crippen LogP contribution in [-0.4, -0.2) is 23.2 Å². The van der Waals surface area contributed by atoms with Crippen LogP contribution in [0.15, 0.2) is 23.7 Å². The van der Waals surface area contributed by atoms with Gasteiger partial charge in [-0.05, 0) is 12.1 Å². The van der Waals surface area contributed by atoms with Crippen LogP contribution >= 0.6 is 22.9 Å². The highest BCUT2D eigenvalue weighted by atomic mass is 35.5. The molecule has 1 aromatic heterocycles. The second kappa shape index (κ2) is 5.90. The fourth-order valence-electron chi connectivity index (χ4n) is 1.44. The van der Waals surface area contributed by atoms with Gasteiger partial charge in [0.1, 0.15) is 11.6 Å². The SMILES string of the molecule is COc1cc(C(=O)O)cc(Cl)c1OCc1nccs1. The van der Waals surface area contributed by atoms with Gasteiger partial charge in [-0.2, -0.15) is 0 Å². The zero-order valence-corrected chi connectivity index (χ0v) is 11.5. The number of methoxy groups -OCH3 is 1. The maximum atomic E-state index is 10.9. The lowest BCUT2D eigenvalue weighted by Crippen LogP contribution is -2.02. The first-order chi connectivity index (χ1) is 9.11. The Balaban J connectivity index is 2.26. The number of carboxylic acids is 1. The molecule has 0 saturated carbocycles. The van der Waals surface area contributed by atoms with Crippen molar-refractivity contribution in [2.75, 3.05) is 7.11 Å². The fourth-order valence-corrected chi connectivity index (χ4v) is 2.23. The van der Waals surface area contributed by atoms with Crippen molar-refractivity contribution in [3.63, 3.8) is 0 Å². The van der Waals surface area contributed by atoms with Gasteiger partial charge in [-0.1, -0.05) is 11.6 Å². The normalized spacial score (nSPS) is 10.2. The highest BCUT2D eigenvalue weighted by Gasteiger charge is 2.15. The molecule has 100 valence electrons. The largest absolute Gasteiger partial charge is 0.493 e. The van der Waals surface area contributed by atoms with E-state index in [1.807, 2.05) is 5.38 Å². The lowest BCUT2D eigenvalue weighted by atomic mass is 10.2. The smallest absolute Gasteiger partial charge is 0.335 e. The molecule has 7 heteroatoms. The number of hydrogen-bond donors (Lipinski definition) is 1. The van der Waals surface area contributed by atoms with Crippen molar-refractivity contribution in [3.8, 4) is 11.5 Å². The van der Waals surface area contributed by atoms with Gasteiger partial charge in [0.25, 0.3) is 0 Å². The second-order valence-electron chi connectivity index (χ2n) is 3.51. The number of thiazole rings is 1. The Morgan fingerprint density at radius 2 is 2.32 bits per heavy atom. The number of aromatic carboxylic acids is 1. The summed E-state index contributed by atoms with van der Waals surface area (Å²) in [6.07, 6.45) is 1.68. The van der Waals surface area contributed by atoms with Gasteiger partial charge >= 0.3 is 5.97 Å². The molecule has 0 aliphatic rings. The molecular weight excluding hydrogens is 290 g/mol. The highest BCUT2D eigenvalue weighted by molar-refractivity contribution is 7.09. The molecule has 1 aromatic carbocycles. The minimum atomic E-state index is -1.08. The molecular formula is C12H10ClNO4S. The third-order valence-electron chi connectivity index (χ3n) is 2.30. The lowest BCUT2D eigenvalue weighted by Gasteiger charge is -2.12. The van der Waals surface area contributed by atoms with Gasteiger partial charge in [0.05, 0.1) is 17.7 Å². The van der Waals surface area contributed by atoms with E-state index >= 15 is 0 Å². The molecule has 0 atom stereocenters. The molecule has 0 aliphatic heterocycles. The van der Waals surface area contributed by atoms with Crippen LogP contribution in [0.3, 0.4) is 0 Å². The number of carbonyl (C=O) groups is 1. The van der Waals surface area contributed by atoms with Crippen molar-refractivity contribution in [2.45, 2.75) is 6.61 Å². The summed E-state index contributed by atoms with van der Waals surface area (Å²) in [5.41, 5.74) is 0.0449. The van der Waals surface area contributed by atoms with Crippen LogP contribution in [0.4, 0.5) is 0 Å². The molecule has 0 fully saturated rings. The number of carboxylic acid groups (broad SMARTS) is 1. The number of ether oxygens (including phenoxy) is 2. The molecule has 0 spiro atoms. The summed E-state index contributed by atoms with van der Waals surface area (Å²) in [6.45, 7) is 0.250. The predicted molar refractivity (Wildman–Crippen MR) is 71.4 cm³/mol. The average molecular weight is 300 g/mol. The lowest BCUT2D eigenvalue weighted by molar-refractivity contribution is 0.0696. The minimum absolute atomic E-state index is 0.0449. The van der Waals surface area contributed by atoms with Gasteiger partial charge in [-0.15, -0.1) is 11.3 Å². The van der Waals surface area contributed by atoms with E-state index in [-0.39, 0.29) is 22.9 Å². The van der Waals surface area contributed by atoms with Crippen LogP contribution in [0, 0.1) is 0 Å². The zero-order chi connectivity index (χ0) is 13.8. The Hall–Kier alpha value is -1.79. The van der Waals surface area contributed by atoms with Gasteiger partial charge in [0.2, 0.25) is 0 Å². The molecule has 1 heterocycles. The van der Waals surface area contributed by atoms with E-state index in [1.165, 1.54) is 30.6 Å². The van der Waals surface area contributed by atoms with Crippen LogP contribution in [-0.2, 0) is 6.61 Å². The fraction of sp³-hybridized carbons (Fsp3) is 0.167. The van der Waals surface area contributed by atoms with E-state index in [1.54, 1.807) is 6.20 Å². The topological polar surface area (TPSA) is 68.7 Å². The first-order valence-corrected chi connectivity index (χ1v) is 6.49. The third-order valence-corrected chi connectivity index (χ3v) is 3.33.